The summed E-state index contributed by atoms with van der Waals surface area (Å²) in [4.78, 5) is 61.3. The highest BCUT2D eigenvalue weighted by molar-refractivity contribution is 7.81. The molecule has 0 aliphatic carbocycles. The van der Waals surface area contributed by atoms with Crippen LogP contribution in [0.15, 0.2) is 48.7 Å². The van der Waals surface area contributed by atoms with E-state index in [-0.39, 0.29) is 29.0 Å². The fourth-order valence-corrected chi connectivity index (χ4v) is 8.07. The van der Waals surface area contributed by atoms with Crippen molar-refractivity contribution in [1.82, 2.24) is 20.1 Å². The lowest BCUT2D eigenvalue weighted by atomic mass is 10.0. The van der Waals surface area contributed by atoms with Crippen molar-refractivity contribution in [1.29, 1.82) is 5.26 Å². The number of imide groups is 1. The number of ether oxygens (including phenoxy) is 1. The predicted molar refractivity (Wildman–Crippen MR) is 219 cm³/mol. The highest BCUT2D eigenvalue weighted by atomic mass is 35.5. The second-order valence-corrected chi connectivity index (χ2v) is 15.7. The van der Waals surface area contributed by atoms with Gasteiger partial charge in [-0.2, -0.15) is 18.4 Å². The van der Waals surface area contributed by atoms with E-state index in [9.17, 15) is 37.6 Å². The molecule has 1 unspecified atom stereocenters. The lowest BCUT2D eigenvalue weighted by molar-refractivity contribution is -0.138. The van der Waals surface area contributed by atoms with Crippen molar-refractivity contribution < 1.29 is 37.1 Å². The fraction of sp³-hybridized carbons (Fsp3) is 0.425. The van der Waals surface area contributed by atoms with Crippen LogP contribution >= 0.6 is 23.8 Å². The average molecular weight is 854 g/mol. The van der Waals surface area contributed by atoms with Crippen LogP contribution in [-0.4, -0.2) is 100 Å². The van der Waals surface area contributed by atoms with Gasteiger partial charge in [-0.05, 0) is 93.9 Å². The monoisotopic (exact) mass is 853 g/mol. The van der Waals surface area contributed by atoms with E-state index >= 15 is 0 Å². The van der Waals surface area contributed by atoms with Gasteiger partial charge in [0.25, 0.3) is 5.91 Å². The van der Waals surface area contributed by atoms with E-state index in [0.29, 0.717) is 86.1 Å². The highest BCUT2D eigenvalue weighted by Gasteiger charge is 2.51. The molecule has 3 aliphatic heterocycles. The first-order valence-corrected chi connectivity index (χ1v) is 19.8. The zero-order valence-corrected chi connectivity index (χ0v) is 34.4. The van der Waals surface area contributed by atoms with Gasteiger partial charge >= 0.3 is 6.18 Å². The third-order valence-corrected chi connectivity index (χ3v) is 11.2. The van der Waals surface area contributed by atoms with Crippen LogP contribution < -0.4 is 30.5 Å². The maximum Gasteiger partial charge on any atom is 0.419 e. The number of nitrogens with one attached hydrogen (secondary N) is 3. The van der Waals surface area contributed by atoms with Gasteiger partial charge in [0.05, 0.1) is 23.5 Å². The Morgan fingerprint density at radius 1 is 1.10 bits per heavy atom. The molecule has 3 fully saturated rings. The second-order valence-electron chi connectivity index (χ2n) is 14.9. The summed E-state index contributed by atoms with van der Waals surface area (Å²) in [5.41, 5.74) is -1.08. The number of piperazine rings is 1. The minimum atomic E-state index is -4.86. The minimum Gasteiger partial charge on any atom is -0.492 e. The summed E-state index contributed by atoms with van der Waals surface area (Å²) in [5.74, 6) is -0.829. The number of anilines is 4. The quantitative estimate of drug-likeness (QED) is 0.159. The molecule has 6 rings (SSSR count). The van der Waals surface area contributed by atoms with Crippen LogP contribution in [0.2, 0.25) is 5.02 Å². The Kier molecular flexibility index (Phi) is 12.8. The van der Waals surface area contributed by atoms with Gasteiger partial charge in [-0.15, -0.1) is 0 Å². The molecule has 19 heteroatoms. The van der Waals surface area contributed by atoms with Crippen LogP contribution in [0.1, 0.15) is 57.4 Å². The molecule has 0 spiro atoms. The summed E-state index contributed by atoms with van der Waals surface area (Å²) in [7, 11) is 0. The van der Waals surface area contributed by atoms with Crippen molar-refractivity contribution in [3.05, 3.63) is 70.5 Å². The number of aromatic nitrogens is 1. The molecule has 59 heavy (non-hydrogen) atoms. The van der Waals surface area contributed by atoms with E-state index in [1.165, 1.54) is 6.07 Å². The lowest BCUT2D eigenvalue weighted by Gasteiger charge is -2.37. The van der Waals surface area contributed by atoms with Crippen LogP contribution in [0.3, 0.4) is 0 Å². The Bertz CT molecular complexity index is 2210. The smallest absolute Gasteiger partial charge is 0.419 e. The molecule has 312 valence electrons. The lowest BCUT2D eigenvalue weighted by Crippen LogP contribution is -2.53. The van der Waals surface area contributed by atoms with Crippen molar-refractivity contribution in [3.63, 3.8) is 0 Å². The summed E-state index contributed by atoms with van der Waals surface area (Å²) < 4.78 is 47.4. The molecule has 3 aliphatic rings. The first-order chi connectivity index (χ1) is 27.9. The van der Waals surface area contributed by atoms with Gasteiger partial charge in [-0.1, -0.05) is 18.5 Å². The maximum atomic E-state index is 13.7. The molecule has 2 atom stereocenters. The Hall–Kier alpha value is -5.35. The molecule has 0 radical (unpaired) electrons. The molecule has 4 heterocycles. The number of halogens is 4. The van der Waals surface area contributed by atoms with Crippen molar-refractivity contribution in [2.24, 2.45) is 0 Å². The van der Waals surface area contributed by atoms with E-state index in [1.807, 2.05) is 19.9 Å². The average Bonchev–Trinajstić information content (AvgIpc) is 3.36. The van der Waals surface area contributed by atoms with Crippen LogP contribution in [0.5, 0.6) is 5.75 Å². The minimum absolute atomic E-state index is 0.0285. The van der Waals surface area contributed by atoms with Crippen molar-refractivity contribution in [2.75, 3.05) is 59.8 Å². The number of rotatable bonds is 12. The summed E-state index contributed by atoms with van der Waals surface area (Å²) in [6.07, 6.45) is -2.66. The largest absolute Gasteiger partial charge is 0.492 e. The molecule has 2 aromatic carbocycles. The van der Waals surface area contributed by atoms with Gasteiger partial charge < -0.3 is 20.3 Å². The Labute approximate surface area is 349 Å². The van der Waals surface area contributed by atoms with Gasteiger partial charge in [0, 0.05) is 61.2 Å². The van der Waals surface area contributed by atoms with Crippen LogP contribution in [-0.2, 0) is 31.8 Å². The number of pyridine rings is 1. The van der Waals surface area contributed by atoms with Crippen molar-refractivity contribution >= 4 is 75.3 Å². The fourth-order valence-electron chi connectivity index (χ4n) is 7.31. The van der Waals surface area contributed by atoms with E-state index in [2.05, 4.69) is 30.7 Å². The topological polar surface area (TPSA) is 163 Å². The number of thiocarbonyl (C=S) groups is 1. The third-order valence-electron chi connectivity index (χ3n) is 10.6. The SMILES string of the molecule is CCc1cc(N2C(=S)N(c3cnc(C#N)c(C(F)(F)F)c3)C(=O)C2(C)C)ccc1OCCN1CCN([C@@H](C)C(=O)Nc2cc(Cl)cc(NC3CCC(=O)NC3=O)c2)CC1. The summed E-state index contributed by atoms with van der Waals surface area (Å²) >= 11 is 12.0. The van der Waals surface area contributed by atoms with E-state index in [0.717, 1.165) is 16.7 Å². The van der Waals surface area contributed by atoms with Crippen molar-refractivity contribution in [3.8, 4) is 11.8 Å². The Balaban J connectivity index is 1.02. The predicted octanol–water partition coefficient (Wildman–Crippen LogP) is 5.35. The number of aryl methyl sites for hydroxylation is 1. The molecular weight excluding hydrogens is 811 g/mol. The molecule has 4 amide bonds. The number of benzene rings is 2. The third kappa shape index (κ3) is 9.43. The van der Waals surface area contributed by atoms with Gasteiger partial charge in [0.2, 0.25) is 17.7 Å². The summed E-state index contributed by atoms with van der Waals surface area (Å²) in [6, 6.07) is 11.5. The van der Waals surface area contributed by atoms with Gasteiger partial charge in [0.1, 0.15) is 30.0 Å². The number of piperidine rings is 1. The summed E-state index contributed by atoms with van der Waals surface area (Å²) in [5, 5.41) is 17.8. The first-order valence-electron chi connectivity index (χ1n) is 19.0. The first kappa shape index (κ1) is 43.2. The van der Waals surface area contributed by atoms with Gasteiger partial charge in [-0.25, -0.2) is 4.98 Å². The molecule has 0 saturated carbocycles. The molecule has 14 nitrogen and oxygen atoms in total. The molecular formula is C40H43ClF3N9O5S. The molecule has 3 N–H and O–H groups in total. The van der Waals surface area contributed by atoms with E-state index < -0.39 is 46.9 Å². The zero-order chi connectivity index (χ0) is 42.8. The van der Waals surface area contributed by atoms with Crippen LogP contribution in [0.25, 0.3) is 0 Å². The Morgan fingerprint density at radius 3 is 2.47 bits per heavy atom. The van der Waals surface area contributed by atoms with Gasteiger partial charge in [0.15, 0.2) is 10.8 Å². The molecule has 3 aromatic rings. The number of nitriles is 1. The van der Waals surface area contributed by atoms with Gasteiger partial charge in [-0.3, -0.25) is 39.2 Å². The number of nitrogens with zero attached hydrogens (tertiary/aromatic N) is 6. The maximum absolute atomic E-state index is 13.7. The number of hydrogen-bond donors (Lipinski definition) is 3. The van der Waals surface area contributed by atoms with Crippen LogP contribution in [0, 0.1) is 11.3 Å². The van der Waals surface area contributed by atoms with Crippen LogP contribution in [0.4, 0.5) is 35.9 Å². The molecule has 0 bridgehead atoms. The summed E-state index contributed by atoms with van der Waals surface area (Å²) in [6.45, 7) is 10.8. The second kappa shape index (κ2) is 17.5. The zero-order valence-electron chi connectivity index (χ0n) is 32.8. The van der Waals surface area contributed by atoms with Crippen molar-refractivity contribution in [2.45, 2.75) is 70.8 Å². The normalized spacial score (nSPS) is 19.3. The number of alkyl halides is 3. The molecule has 3 saturated heterocycles. The Morgan fingerprint density at radius 2 is 1.81 bits per heavy atom. The number of carbonyl (C=O) groups is 4. The number of amides is 4. The molecule has 1 aromatic heterocycles. The standard InChI is InChI=1S/C40H43ClF3N9O5S/c1-5-24-16-28(53-38(59)52(37(57)39(53,3)4)29-20-30(40(42,43)44)32(21-45)46-22-29)6-8-33(24)58-15-14-50-10-12-51(13-11-50)23(2)35(55)48-27-18-25(41)17-26(19-27)47-31-7-9-34(54)49-36(31)56/h6,8,16-20,22-23,31,47H,5,7,9-15H2,1-4H3,(H,48,55)(H,49,54,56)/t23-,31?/m0/s1. The number of carbonyl (C=O) groups excluding carboxylic acids is 4. The van der Waals surface area contributed by atoms with E-state index in [1.54, 1.807) is 49.1 Å². The number of hydrogen-bond acceptors (Lipinski definition) is 11. The highest BCUT2D eigenvalue weighted by Crippen LogP contribution is 2.40. The van der Waals surface area contributed by atoms with E-state index in [4.69, 9.17) is 28.6 Å².